The van der Waals surface area contributed by atoms with Crippen molar-refractivity contribution in [3.63, 3.8) is 0 Å². The van der Waals surface area contributed by atoms with Crippen molar-refractivity contribution in [2.24, 2.45) is 11.5 Å². The molecule has 0 radical (unpaired) electrons. The van der Waals surface area contributed by atoms with Crippen LogP contribution in [0.2, 0.25) is 0 Å². The van der Waals surface area contributed by atoms with E-state index in [1.165, 1.54) is 0 Å². The van der Waals surface area contributed by atoms with Crippen LogP contribution in [0.15, 0.2) is 0 Å². The molecular formula is C16H27N5O9. The van der Waals surface area contributed by atoms with E-state index >= 15 is 0 Å². The molecule has 0 aromatic carbocycles. The third-order valence-electron chi connectivity index (χ3n) is 3.75. The van der Waals surface area contributed by atoms with Crippen molar-refractivity contribution in [1.82, 2.24) is 16.0 Å². The number of carboxylic acid groups (broad SMARTS) is 3. The van der Waals surface area contributed by atoms with Crippen molar-refractivity contribution in [1.29, 1.82) is 0 Å². The second-order valence-electron chi connectivity index (χ2n) is 6.32. The number of aliphatic carboxylic acids is 3. The van der Waals surface area contributed by atoms with Crippen LogP contribution in [0.3, 0.4) is 0 Å². The fraction of sp³-hybridized carbons (Fsp3) is 0.625. The van der Waals surface area contributed by atoms with Gasteiger partial charge in [-0.2, -0.15) is 0 Å². The lowest BCUT2D eigenvalue weighted by Crippen LogP contribution is -2.53. The van der Waals surface area contributed by atoms with Crippen molar-refractivity contribution in [2.45, 2.75) is 50.2 Å². The van der Waals surface area contributed by atoms with Crippen LogP contribution >= 0.6 is 0 Å². The smallest absolute Gasteiger partial charge is 0.326 e. The van der Waals surface area contributed by atoms with E-state index in [1.807, 2.05) is 5.32 Å². The molecule has 0 saturated heterocycles. The third-order valence-corrected chi connectivity index (χ3v) is 3.75. The van der Waals surface area contributed by atoms with E-state index in [4.69, 9.17) is 26.8 Å². The average molecular weight is 433 g/mol. The maximum atomic E-state index is 12.3. The van der Waals surface area contributed by atoms with Crippen LogP contribution in [-0.2, 0) is 28.8 Å². The molecule has 0 aromatic rings. The van der Waals surface area contributed by atoms with E-state index in [-0.39, 0.29) is 6.42 Å². The second-order valence-corrected chi connectivity index (χ2v) is 6.32. The molecule has 0 spiro atoms. The Bertz CT molecular complexity index is 655. The predicted molar refractivity (Wildman–Crippen MR) is 99.9 cm³/mol. The summed E-state index contributed by atoms with van der Waals surface area (Å²) in [5.74, 6) is -6.91. The van der Waals surface area contributed by atoms with Gasteiger partial charge in [0.1, 0.15) is 12.1 Å². The molecule has 0 aromatic heterocycles. The highest BCUT2D eigenvalue weighted by Crippen LogP contribution is 2.02. The highest BCUT2D eigenvalue weighted by molar-refractivity contribution is 5.93. The molecule has 30 heavy (non-hydrogen) atoms. The van der Waals surface area contributed by atoms with Crippen LogP contribution in [0.25, 0.3) is 0 Å². The standard InChI is InChI=1S/C16H27N5O9/c17-4-2-1-3-9(21-14(27)8(18)5-12(23)24)15(28)19-7-11(22)20-10(16(29)30)6-13(25)26/h8-10H,1-7,17-18H2,(H,19,28)(H,20,22)(H,21,27)(H,23,24)(H,25,26)(H,29,30). The summed E-state index contributed by atoms with van der Waals surface area (Å²) in [6, 6.07) is -4.20. The topological polar surface area (TPSA) is 251 Å². The molecule has 14 nitrogen and oxygen atoms in total. The van der Waals surface area contributed by atoms with Gasteiger partial charge in [-0.25, -0.2) is 4.79 Å². The van der Waals surface area contributed by atoms with Gasteiger partial charge in [0.15, 0.2) is 0 Å². The second kappa shape index (κ2) is 13.8. The fourth-order valence-corrected chi connectivity index (χ4v) is 2.23. The first-order valence-electron chi connectivity index (χ1n) is 8.97. The predicted octanol–water partition coefficient (Wildman–Crippen LogP) is -3.44. The van der Waals surface area contributed by atoms with E-state index in [1.54, 1.807) is 0 Å². The normalized spacial score (nSPS) is 13.4. The quantitative estimate of drug-likeness (QED) is 0.118. The van der Waals surface area contributed by atoms with Gasteiger partial charge in [0.05, 0.1) is 25.4 Å². The third kappa shape index (κ3) is 11.6. The minimum absolute atomic E-state index is 0.132. The molecule has 3 atom stereocenters. The Hall–Kier alpha value is -3.26. The molecule has 0 saturated carbocycles. The van der Waals surface area contributed by atoms with Gasteiger partial charge in [-0.15, -0.1) is 0 Å². The van der Waals surface area contributed by atoms with Gasteiger partial charge in [0.2, 0.25) is 17.7 Å². The summed E-state index contributed by atoms with van der Waals surface area (Å²) in [6.45, 7) is -0.337. The highest BCUT2D eigenvalue weighted by atomic mass is 16.4. The Morgan fingerprint density at radius 3 is 1.90 bits per heavy atom. The van der Waals surface area contributed by atoms with E-state index in [9.17, 15) is 28.8 Å². The molecule has 14 heteroatoms. The molecule has 10 N–H and O–H groups in total. The minimum Gasteiger partial charge on any atom is -0.481 e. The lowest BCUT2D eigenvalue weighted by Gasteiger charge is -2.20. The van der Waals surface area contributed by atoms with Crippen LogP contribution in [0, 0.1) is 0 Å². The molecular weight excluding hydrogens is 406 g/mol. The summed E-state index contributed by atoms with van der Waals surface area (Å²) in [7, 11) is 0. The van der Waals surface area contributed by atoms with Crippen molar-refractivity contribution in [3.05, 3.63) is 0 Å². The van der Waals surface area contributed by atoms with Crippen molar-refractivity contribution in [2.75, 3.05) is 13.1 Å². The van der Waals surface area contributed by atoms with Gasteiger partial charge in [0.25, 0.3) is 0 Å². The zero-order valence-corrected chi connectivity index (χ0v) is 16.1. The van der Waals surface area contributed by atoms with Gasteiger partial charge >= 0.3 is 17.9 Å². The van der Waals surface area contributed by atoms with Gasteiger partial charge in [0, 0.05) is 0 Å². The molecule has 3 unspecified atom stereocenters. The lowest BCUT2D eigenvalue weighted by molar-refractivity contribution is -0.147. The van der Waals surface area contributed by atoms with Gasteiger partial charge in [-0.05, 0) is 25.8 Å². The molecule has 170 valence electrons. The molecule has 3 amide bonds. The van der Waals surface area contributed by atoms with Crippen LogP contribution in [0.4, 0.5) is 0 Å². The Kier molecular flexibility index (Phi) is 12.3. The minimum atomic E-state index is -1.68. The Morgan fingerprint density at radius 2 is 1.40 bits per heavy atom. The maximum Gasteiger partial charge on any atom is 0.326 e. The zero-order valence-electron chi connectivity index (χ0n) is 16.1. The average Bonchev–Trinajstić information content (AvgIpc) is 2.63. The summed E-state index contributed by atoms with van der Waals surface area (Å²) in [6.07, 6.45) is -0.390. The number of carbonyl (C=O) groups excluding carboxylic acids is 3. The Labute approximate surface area is 171 Å². The van der Waals surface area contributed by atoms with Gasteiger partial charge < -0.3 is 42.7 Å². The van der Waals surface area contributed by atoms with Crippen LogP contribution in [0.5, 0.6) is 0 Å². The van der Waals surface area contributed by atoms with E-state index in [2.05, 4.69) is 10.6 Å². The Morgan fingerprint density at radius 1 is 0.800 bits per heavy atom. The van der Waals surface area contributed by atoms with Gasteiger partial charge in [-0.3, -0.25) is 24.0 Å². The number of hydrogen-bond donors (Lipinski definition) is 8. The largest absolute Gasteiger partial charge is 0.481 e. The lowest BCUT2D eigenvalue weighted by atomic mass is 10.1. The van der Waals surface area contributed by atoms with Crippen molar-refractivity contribution >= 4 is 35.6 Å². The summed E-state index contributed by atoms with van der Waals surface area (Å²) in [4.78, 5) is 68.3. The van der Waals surface area contributed by atoms with E-state index in [0.717, 1.165) is 0 Å². The first-order chi connectivity index (χ1) is 14.0. The first kappa shape index (κ1) is 26.7. The first-order valence-corrected chi connectivity index (χ1v) is 8.97. The van der Waals surface area contributed by atoms with Crippen LogP contribution < -0.4 is 27.4 Å². The van der Waals surface area contributed by atoms with Crippen molar-refractivity contribution < 1.29 is 44.1 Å². The summed E-state index contributed by atoms with van der Waals surface area (Å²) >= 11 is 0. The molecule has 0 aliphatic heterocycles. The molecule has 0 bridgehead atoms. The SMILES string of the molecule is NCCCCC(NC(=O)C(N)CC(=O)O)C(=O)NCC(=O)NC(CC(=O)O)C(=O)O. The summed E-state index contributed by atoms with van der Waals surface area (Å²) < 4.78 is 0. The van der Waals surface area contributed by atoms with Crippen LogP contribution in [0.1, 0.15) is 32.1 Å². The molecule has 0 fully saturated rings. The Balaban J connectivity index is 4.88. The number of rotatable bonds is 15. The number of amides is 3. The number of nitrogens with two attached hydrogens (primary N) is 2. The van der Waals surface area contributed by atoms with Crippen LogP contribution in [-0.4, -0.2) is 82.2 Å². The highest BCUT2D eigenvalue weighted by Gasteiger charge is 2.26. The maximum absolute atomic E-state index is 12.3. The number of carboxylic acids is 3. The number of carbonyl (C=O) groups is 6. The fourth-order valence-electron chi connectivity index (χ4n) is 2.23. The van der Waals surface area contributed by atoms with E-state index in [0.29, 0.717) is 19.4 Å². The van der Waals surface area contributed by atoms with E-state index < -0.39 is 73.1 Å². The summed E-state index contributed by atoms with van der Waals surface area (Å²) in [5, 5.41) is 32.7. The number of nitrogens with one attached hydrogen (secondary N) is 3. The molecule has 0 rings (SSSR count). The zero-order chi connectivity index (χ0) is 23.3. The summed E-state index contributed by atoms with van der Waals surface area (Å²) in [5.41, 5.74) is 10.8. The number of unbranched alkanes of at least 4 members (excludes halogenated alkanes) is 1. The molecule has 0 aliphatic rings. The van der Waals surface area contributed by atoms with Gasteiger partial charge in [-0.1, -0.05) is 0 Å². The van der Waals surface area contributed by atoms with Crippen molar-refractivity contribution in [3.8, 4) is 0 Å². The number of hydrogen-bond acceptors (Lipinski definition) is 8. The molecule has 0 aliphatic carbocycles. The molecule has 0 heterocycles. The monoisotopic (exact) mass is 433 g/mol.